The van der Waals surface area contributed by atoms with Gasteiger partial charge in [-0.3, -0.25) is 0 Å². The van der Waals surface area contributed by atoms with Gasteiger partial charge in [0.2, 0.25) is 0 Å². The molecule has 1 aliphatic rings. The minimum absolute atomic E-state index is 0.0117. The Kier molecular flexibility index (Phi) is 4.70. The summed E-state index contributed by atoms with van der Waals surface area (Å²) >= 11 is 0. The first-order valence-corrected chi connectivity index (χ1v) is 8.56. The van der Waals surface area contributed by atoms with Crippen molar-refractivity contribution >= 4 is 5.69 Å². The van der Waals surface area contributed by atoms with Crippen LogP contribution >= 0.6 is 0 Å². The molecular formula is C19H21F3N4. The Morgan fingerprint density at radius 1 is 1.35 bits per heavy atom. The molecule has 1 heterocycles. The molecule has 1 N–H and O–H groups in total. The van der Waals surface area contributed by atoms with Gasteiger partial charge in [-0.2, -0.15) is 18.4 Å². The van der Waals surface area contributed by atoms with Crippen molar-refractivity contribution < 1.29 is 13.2 Å². The van der Waals surface area contributed by atoms with Crippen molar-refractivity contribution in [3.63, 3.8) is 0 Å². The van der Waals surface area contributed by atoms with E-state index in [1.54, 1.807) is 24.7 Å². The molecule has 2 unspecified atom stereocenters. The average molecular weight is 362 g/mol. The first-order valence-electron chi connectivity index (χ1n) is 8.56. The summed E-state index contributed by atoms with van der Waals surface area (Å²) in [7, 11) is 0. The molecule has 26 heavy (non-hydrogen) atoms. The highest BCUT2D eigenvalue weighted by molar-refractivity contribution is 5.53. The van der Waals surface area contributed by atoms with Crippen LogP contribution in [0.4, 0.5) is 18.9 Å². The molecule has 0 bridgehead atoms. The van der Waals surface area contributed by atoms with Gasteiger partial charge in [0.05, 0.1) is 23.5 Å². The van der Waals surface area contributed by atoms with Gasteiger partial charge in [-0.15, -0.1) is 0 Å². The molecule has 0 spiro atoms. The summed E-state index contributed by atoms with van der Waals surface area (Å²) < 4.78 is 41.7. The fraction of sp³-hybridized carbons (Fsp3) is 0.474. The molecule has 2 atom stereocenters. The Bertz CT molecular complexity index is 803. The van der Waals surface area contributed by atoms with Crippen LogP contribution in [-0.2, 0) is 6.18 Å². The average Bonchev–Trinajstić information content (AvgIpc) is 3.10. The molecule has 0 radical (unpaired) electrons. The Morgan fingerprint density at radius 3 is 2.73 bits per heavy atom. The number of rotatable bonds is 3. The molecule has 1 fully saturated rings. The number of halogens is 3. The van der Waals surface area contributed by atoms with Gasteiger partial charge in [-0.25, -0.2) is 4.98 Å². The zero-order chi connectivity index (χ0) is 18.9. The quantitative estimate of drug-likeness (QED) is 0.835. The van der Waals surface area contributed by atoms with E-state index in [0.29, 0.717) is 5.69 Å². The van der Waals surface area contributed by atoms with Crippen molar-refractivity contribution in [1.29, 1.82) is 5.26 Å². The molecule has 0 aliphatic heterocycles. The first-order chi connectivity index (χ1) is 12.2. The summed E-state index contributed by atoms with van der Waals surface area (Å²) in [5.41, 5.74) is -0.920. The molecule has 1 aromatic heterocycles. The maximum atomic E-state index is 13.2. The molecule has 7 heteroatoms. The van der Waals surface area contributed by atoms with Gasteiger partial charge in [0.15, 0.2) is 0 Å². The lowest BCUT2D eigenvalue weighted by Gasteiger charge is -2.43. The molecule has 1 saturated carbocycles. The van der Waals surface area contributed by atoms with Gasteiger partial charge in [0.1, 0.15) is 0 Å². The van der Waals surface area contributed by atoms with E-state index in [2.05, 4.69) is 28.7 Å². The van der Waals surface area contributed by atoms with Crippen LogP contribution < -0.4 is 5.32 Å². The van der Waals surface area contributed by atoms with Crippen molar-refractivity contribution in [2.75, 3.05) is 5.32 Å². The van der Waals surface area contributed by atoms with E-state index in [0.717, 1.165) is 25.3 Å². The third-order valence-corrected chi connectivity index (χ3v) is 5.31. The molecule has 3 rings (SSSR count). The second-order valence-electron chi connectivity index (χ2n) is 7.49. The Labute approximate surface area is 150 Å². The number of alkyl halides is 3. The highest BCUT2D eigenvalue weighted by Crippen LogP contribution is 2.42. The number of hydrogen-bond acceptors (Lipinski definition) is 3. The molecule has 0 saturated heterocycles. The minimum Gasteiger partial charge on any atom is -0.382 e. The van der Waals surface area contributed by atoms with Crippen LogP contribution in [0.25, 0.3) is 0 Å². The van der Waals surface area contributed by atoms with Gasteiger partial charge in [0.25, 0.3) is 0 Å². The van der Waals surface area contributed by atoms with E-state index in [1.165, 1.54) is 6.07 Å². The fourth-order valence-corrected chi connectivity index (χ4v) is 3.60. The Morgan fingerprint density at radius 2 is 2.12 bits per heavy atom. The fourth-order valence-electron chi connectivity index (χ4n) is 3.60. The Balaban J connectivity index is 1.85. The number of aromatic nitrogens is 2. The highest BCUT2D eigenvalue weighted by atomic mass is 19.4. The van der Waals surface area contributed by atoms with Gasteiger partial charge < -0.3 is 9.88 Å². The van der Waals surface area contributed by atoms with Crippen LogP contribution in [0, 0.1) is 16.7 Å². The van der Waals surface area contributed by atoms with Crippen LogP contribution in [0.3, 0.4) is 0 Å². The monoisotopic (exact) mass is 362 g/mol. The number of nitrogens with one attached hydrogen (secondary N) is 1. The van der Waals surface area contributed by atoms with Gasteiger partial charge in [0, 0.05) is 30.2 Å². The Hall–Kier alpha value is -2.49. The van der Waals surface area contributed by atoms with Gasteiger partial charge in [-0.1, -0.05) is 13.8 Å². The summed E-state index contributed by atoms with van der Waals surface area (Å²) in [6.45, 7) is 4.26. The smallest absolute Gasteiger partial charge is 0.382 e. The van der Waals surface area contributed by atoms with E-state index in [1.807, 2.05) is 6.20 Å². The summed E-state index contributed by atoms with van der Waals surface area (Å²) in [6, 6.07) is 5.71. The van der Waals surface area contributed by atoms with Crippen LogP contribution in [0.1, 0.15) is 50.3 Å². The van der Waals surface area contributed by atoms with Crippen LogP contribution in [-0.4, -0.2) is 15.6 Å². The van der Waals surface area contributed by atoms with Crippen molar-refractivity contribution in [2.24, 2.45) is 5.41 Å². The van der Waals surface area contributed by atoms with Crippen molar-refractivity contribution in [2.45, 2.75) is 51.4 Å². The lowest BCUT2D eigenvalue weighted by molar-refractivity contribution is -0.137. The van der Waals surface area contributed by atoms with Crippen LogP contribution in [0.5, 0.6) is 0 Å². The zero-order valence-corrected chi connectivity index (χ0v) is 14.7. The second kappa shape index (κ2) is 6.67. The molecule has 1 aromatic carbocycles. The lowest BCUT2D eigenvalue weighted by Crippen LogP contribution is -2.42. The highest BCUT2D eigenvalue weighted by Gasteiger charge is 2.38. The van der Waals surface area contributed by atoms with Crippen LogP contribution in [0.2, 0.25) is 0 Å². The maximum Gasteiger partial charge on any atom is 0.417 e. The van der Waals surface area contributed by atoms with Crippen molar-refractivity contribution in [3.05, 3.63) is 48.0 Å². The van der Waals surface area contributed by atoms with E-state index in [9.17, 15) is 13.2 Å². The first kappa shape index (κ1) is 18.3. The molecule has 4 nitrogen and oxygen atoms in total. The van der Waals surface area contributed by atoms with Gasteiger partial charge >= 0.3 is 6.18 Å². The number of nitrogens with zero attached hydrogens (tertiary/aromatic N) is 3. The predicted molar refractivity (Wildman–Crippen MR) is 92.5 cm³/mol. The second-order valence-corrected chi connectivity index (χ2v) is 7.49. The lowest BCUT2D eigenvalue weighted by atomic mass is 9.71. The molecular weight excluding hydrogens is 341 g/mol. The molecule has 138 valence electrons. The normalized spacial score (nSPS) is 22.6. The standard InChI is InChI=1S/C19H21F3N4/c1-18(2)6-5-15(26-8-7-24-12-26)10-17(18)25-14-4-3-13(11-23)16(9-14)19(20,21)22/h3-4,7-9,12,15,17,25H,5-6,10H2,1-2H3. The predicted octanol–water partition coefficient (Wildman–Crippen LogP) is 5.01. The van der Waals surface area contributed by atoms with Crippen molar-refractivity contribution in [3.8, 4) is 6.07 Å². The summed E-state index contributed by atoms with van der Waals surface area (Å²) in [5.74, 6) is 0. The number of benzene rings is 1. The number of hydrogen-bond donors (Lipinski definition) is 1. The SMILES string of the molecule is CC1(C)CCC(n2ccnc2)CC1Nc1ccc(C#N)c(C(F)(F)F)c1. The summed E-state index contributed by atoms with van der Waals surface area (Å²) in [6.07, 6.45) is 3.64. The number of anilines is 1. The summed E-state index contributed by atoms with van der Waals surface area (Å²) in [4.78, 5) is 4.09. The topological polar surface area (TPSA) is 53.6 Å². The van der Waals surface area contributed by atoms with E-state index in [-0.39, 0.29) is 23.1 Å². The molecule has 2 aromatic rings. The summed E-state index contributed by atoms with van der Waals surface area (Å²) in [5, 5.41) is 12.2. The molecule has 0 amide bonds. The number of imidazole rings is 1. The van der Waals surface area contributed by atoms with Crippen molar-refractivity contribution in [1.82, 2.24) is 9.55 Å². The van der Waals surface area contributed by atoms with Crippen LogP contribution in [0.15, 0.2) is 36.9 Å². The third-order valence-electron chi connectivity index (χ3n) is 5.31. The minimum atomic E-state index is -4.55. The maximum absolute atomic E-state index is 13.2. The van der Waals surface area contributed by atoms with E-state index >= 15 is 0 Å². The van der Waals surface area contributed by atoms with Gasteiger partial charge in [-0.05, 0) is 42.9 Å². The van der Waals surface area contributed by atoms with E-state index < -0.39 is 11.7 Å². The molecule has 1 aliphatic carbocycles. The number of nitriles is 1. The van der Waals surface area contributed by atoms with E-state index in [4.69, 9.17) is 5.26 Å². The largest absolute Gasteiger partial charge is 0.417 e. The zero-order valence-electron chi connectivity index (χ0n) is 14.7. The third kappa shape index (κ3) is 3.69.